The summed E-state index contributed by atoms with van der Waals surface area (Å²) in [7, 11) is 1.94. The van der Waals surface area contributed by atoms with E-state index in [1.807, 2.05) is 19.2 Å². The Labute approximate surface area is 105 Å². The minimum absolute atomic E-state index is 0. The van der Waals surface area contributed by atoms with E-state index in [2.05, 4.69) is 12.2 Å². The number of ether oxygens (including phenoxy) is 2. The van der Waals surface area contributed by atoms with E-state index in [0.717, 1.165) is 18.4 Å². The number of nitrogens with one attached hydrogen (secondary N) is 1. The highest BCUT2D eigenvalue weighted by Crippen LogP contribution is 2.32. The van der Waals surface area contributed by atoms with E-state index in [9.17, 15) is 0 Å². The predicted octanol–water partition coefficient (Wildman–Crippen LogP) is 2.38. The van der Waals surface area contributed by atoms with E-state index in [-0.39, 0.29) is 12.4 Å². The predicted molar refractivity (Wildman–Crippen MR) is 66.7 cm³/mol. The maximum Gasteiger partial charge on any atom is 0.231 e. The maximum absolute atomic E-state index is 7.37. The van der Waals surface area contributed by atoms with Crippen LogP contribution < -0.4 is 14.8 Å². The topological polar surface area (TPSA) is 30.5 Å². The Morgan fingerprint density at radius 1 is 1.44 bits per heavy atom. The third-order valence-electron chi connectivity index (χ3n) is 2.69. The van der Waals surface area contributed by atoms with Crippen molar-refractivity contribution in [1.29, 1.82) is 0 Å². The van der Waals surface area contributed by atoms with Crippen LogP contribution in [0.1, 0.15) is 21.6 Å². The summed E-state index contributed by atoms with van der Waals surface area (Å²) in [4.78, 5) is 0. The monoisotopic (exact) mass is 245 g/mol. The molecule has 0 saturated carbocycles. The molecule has 0 radical (unpaired) electrons. The van der Waals surface area contributed by atoms with Gasteiger partial charge in [-0.05, 0) is 37.6 Å². The highest BCUT2D eigenvalue weighted by atomic mass is 35.5. The molecule has 0 saturated heterocycles. The summed E-state index contributed by atoms with van der Waals surface area (Å²) >= 11 is 0. The molecule has 1 atom stereocenters. The molecule has 3 nitrogen and oxygen atoms in total. The van der Waals surface area contributed by atoms with Crippen LogP contribution in [0.2, 0.25) is 0 Å². The van der Waals surface area contributed by atoms with E-state index in [1.54, 1.807) is 6.07 Å². The second-order valence-electron chi connectivity index (χ2n) is 3.67. The Hall–Kier alpha value is -0.930. The quantitative estimate of drug-likeness (QED) is 0.884. The second kappa shape index (κ2) is 5.97. The summed E-state index contributed by atoms with van der Waals surface area (Å²) in [5.74, 6) is 0.953. The molecular formula is C12H18ClNO2. The molecule has 0 bridgehead atoms. The third-order valence-corrected chi connectivity index (χ3v) is 2.69. The molecule has 1 aliphatic rings. The molecule has 4 heteroatoms. The lowest BCUT2D eigenvalue weighted by Crippen LogP contribution is -2.26. The fourth-order valence-electron chi connectivity index (χ4n) is 1.69. The molecule has 2 rings (SSSR count). The zero-order valence-electron chi connectivity index (χ0n) is 11.4. The highest BCUT2D eigenvalue weighted by molar-refractivity contribution is 5.85. The molecule has 1 heterocycles. The lowest BCUT2D eigenvalue weighted by Gasteiger charge is -2.13. The van der Waals surface area contributed by atoms with Gasteiger partial charge in [0.25, 0.3) is 0 Å². The molecule has 1 N–H and O–H groups in total. The lowest BCUT2D eigenvalue weighted by molar-refractivity contribution is 0.174. The molecular weight excluding hydrogens is 226 g/mol. The molecule has 16 heavy (non-hydrogen) atoms. The van der Waals surface area contributed by atoms with E-state index in [1.165, 1.54) is 0 Å². The first-order valence-electron chi connectivity index (χ1n) is 6.22. The highest BCUT2D eigenvalue weighted by Gasteiger charge is 2.14. The fourth-order valence-corrected chi connectivity index (χ4v) is 1.69. The van der Waals surface area contributed by atoms with Gasteiger partial charge in [-0.15, -0.1) is 12.4 Å². The van der Waals surface area contributed by atoms with E-state index in [4.69, 9.17) is 12.2 Å². The third kappa shape index (κ3) is 2.80. The Kier molecular flexibility index (Phi) is 3.82. The van der Waals surface area contributed by atoms with E-state index >= 15 is 0 Å². The molecule has 1 aromatic carbocycles. The van der Waals surface area contributed by atoms with Crippen LogP contribution in [-0.2, 0) is 6.42 Å². The van der Waals surface area contributed by atoms with Crippen molar-refractivity contribution < 1.29 is 12.2 Å². The minimum Gasteiger partial charge on any atom is -0.454 e. The van der Waals surface area contributed by atoms with Gasteiger partial charge in [-0.3, -0.25) is 0 Å². The lowest BCUT2D eigenvalue weighted by atomic mass is 10.0. The average Bonchev–Trinajstić information content (AvgIpc) is 2.58. The molecule has 1 aromatic rings. The number of fused-ring (bicyclic) bond motifs is 1. The number of hydrogen-bond donors (Lipinski definition) is 1. The second-order valence-corrected chi connectivity index (χ2v) is 3.67. The largest absolute Gasteiger partial charge is 0.454 e. The number of rotatable bonds is 4. The molecule has 0 unspecified atom stereocenters. The van der Waals surface area contributed by atoms with Crippen molar-refractivity contribution in [3.05, 3.63) is 23.8 Å². The van der Waals surface area contributed by atoms with Crippen LogP contribution in [-0.4, -0.2) is 19.8 Å². The van der Waals surface area contributed by atoms with Gasteiger partial charge in [-0.1, -0.05) is 13.0 Å². The van der Waals surface area contributed by atoms with Gasteiger partial charge in [0.15, 0.2) is 11.5 Å². The first kappa shape index (κ1) is 10.2. The Balaban J connectivity index is 0.00000162. The van der Waals surface area contributed by atoms with Crippen LogP contribution in [0.4, 0.5) is 0 Å². The van der Waals surface area contributed by atoms with Gasteiger partial charge in [0.05, 0.1) is 0 Å². The zero-order valence-corrected chi connectivity index (χ0v) is 10.3. The summed E-state index contributed by atoms with van der Waals surface area (Å²) in [6.45, 7) is 0.0981. The normalized spacial score (nSPS) is 19.4. The van der Waals surface area contributed by atoms with Gasteiger partial charge in [0.1, 0.15) is 2.74 Å². The Morgan fingerprint density at radius 2 is 2.19 bits per heavy atom. The van der Waals surface area contributed by atoms with E-state index in [0.29, 0.717) is 17.5 Å². The fraction of sp³-hybridized carbons (Fsp3) is 0.500. The smallest absolute Gasteiger partial charge is 0.231 e. The van der Waals surface area contributed by atoms with Crippen LogP contribution in [0, 0.1) is 0 Å². The van der Waals surface area contributed by atoms with Crippen molar-refractivity contribution in [3.8, 4) is 11.5 Å². The Bertz CT molecular complexity index is 411. The number of halogens is 1. The van der Waals surface area contributed by atoms with Crippen LogP contribution in [0.5, 0.6) is 11.5 Å². The molecule has 90 valence electrons. The van der Waals surface area contributed by atoms with Gasteiger partial charge in [0.2, 0.25) is 6.75 Å². The summed E-state index contributed by atoms with van der Waals surface area (Å²) in [5, 5.41) is 3.24. The van der Waals surface area contributed by atoms with Crippen LogP contribution in [0.3, 0.4) is 0 Å². The summed E-state index contributed by atoms with van der Waals surface area (Å²) in [6, 6.07) is 5.98. The molecule has 0 spiro atoms. The van der Waals surface area contributed by atoms with Gasteiger partial charge in [-0.2, -0.15) is 0 Å². The molecule has 0 aromatic heterocycles. The number of benzene rings is 1. The number of likely N-dealkylation sites (N-methyl/N-ethyl adjacent to an activating group) is 1. The van der Waals surface area contributed by atoms with Crippen molar-refractivity contribution >= 4 is 12.4 Å². The summed E-state index contributed by atoms with van der Waals surface area (Å²) in [5.41, 5.74) is 1.12. The molecule has 0 amide bonds. The SMILES string of the molecule is Cl.[2H]C1([2H])Oc2ccc(C[C@H](CC)NC)cc2O1. The first-order valence-corrected chi connectivity index (χ1v) is 5.22. The van der Waals surface area contributed by atoms with Crippen molar-refractivity contribution in [3.63, 3.8) is 0 Å². The zero-order chi connectivity index (χ0) is 12.5. The van der Waals surface area contributed by atoms with Gasteiger partial charge >= 0.3 is 0 Å². The number of hydrogen-bond acceptors (Lipinski definition) is 3. The van der Waals surface area contributed by atoms with Gasteiger partial charge < -0.3 is 14.8 Å². The minimum atomic E-state index is -2.03. The Morgan fingerprint density at radius 3 is 2.88 bits per heavy atom. The van der Waals surface area contributed by atoms with Crippen molar-refractivity contribution in [2.24, 2.45) is 0 Å². The van der Waals surface area contributed by atoms with Crippen LogP contribution in [0.15, 0.2) is 18.2 Å². The van der Waals surface area contributed by atoms with Crippen molar-refractivity contribution in [2.75, 3.05) is 13.8 Å². The molecule has 0 fully saturated rings. The maximum atomic E-state index is 7.37. The van der Waals surface area contributed by atoms with Crippen molar-refractivity contribution in [2.45, 2.75) is 25.8 Å². The van der Waals surface area contributed by atoms with Crippen LogP contribution in [0.25, 0.3) is 0 Å². The summed E-state index contributed by atoms with van der Waals surface area (Å²) < 4.78 is 24.8. The van der Waals surface area contributed by atoms with Crippen LogP contribution >= 0.6 is 12.4 Å². The standard InChI is InChI=1S/C12H17NO2.ClH/c1-3-10(13-2)6-9-4-5-11-12(7-9)15-8-14-11;/h4-5,7,10,13H,3,6,8H2,1-2H3;1H/t10-;/m0./s1/i8D2;. The van der Waals surface area contributed by atoms with E-state index < -0.39 is 6.75 Å². The molecule has 1 aliphatic heterocycles. The van der Waals surface area contributed by atoms with Gasteiger partial charge in [-0.25, -0.2) is 0 Å². The van der Waals surface area contributed by atoms with Crippen molar-refractivity contribution in [1.82, 2.24) is 5.32 Å². The van der Waals surface area contributed by atoms with Gasteiger partial charge in [0, 0.05) is 6.04 Å². The first-order chi connectivity index (χ1) is 8.04. The molecule has 0 aliphatic carbocycles. The average molecular weight is 246 g/mol. The summed E-state index contributed by atoms with van der Waals surface area (Å²) in [6.07, 6.45) is 1.94.